The Bertz CT molecular complexity index is 829. The molecule has 0 aliphatic rings. The molecule has 0 spiro atoms. The Labute approximate surface area is 114 Å². The summed E-state index contributed by atoms with van der Waals surface area (Å²) in [7, 11) is 0. The maximum atomic E-state index is 5.47. The summed E-state index contributed by atoms with van der Waals surface area (Å²) in [4.78, 5) is 9.01. The van der Waals surface area contributed by atoms with Gasteiger partial charge in [0.2, 0.25) is 0 Å². The topological polar surface area (TPSA) is 57.0 Å². The quantitative estimate of drug-likeness (QED) is 0.570. The second-order valence-corrected chi connectivity index (χ2v) is 4.42. The molecule has 0 aliphatic carbocycles. The van der Waals surface area contributed by atoms with Crippen molar-refractivity contribution in [1.29, 1.82) is 0 Å². The van der Waals surface area contributed by atoms with Crippen LogP contribution in [-0.2, 0) is 6.54 Å². The summed E-state index contributed by atoms with van der Waals surface area (Å²) in [6.07, 6.45) is 5.06. The van der Waals surface area contributed by atoms with Gasteiger partial charge >= 0.3 is 0 Å². The molecular formula is C15H11N3O2. The van der Waals surface area contributed by atoms with Crippen molar-refractivity contribution in [1.82, 2.24) is 14.5 Å². The summed E-state index contributed by atoms with van der Waals surface area (Å²) in [6, 6.07) is 11.3. The molecule has 5 heteroatoms. The van der Waals surface area contributed by atoms with E-state index in [1.54, 1.807) is 18.7 Å². The van der Waals surface area contributed by atoms with Crippen LogP contribution in [0.1, 0.15) is 5.76 Å². The van der Waals surface area contributed by atoms with Gasteiger partial charge in [0.05, 0.1) is 19.1 Å². The lowest BCUT2D eigenvalue weighted by molar-refractivity contribution is 0.494. The summed E-state index contributed by atoms with van der Waals surface area (Å²) in [5.41, 5.74) is 1.65. The zero-order valence-electron chi connectivity index (χ0n) is 10.6. The lowest BCUT2D eigenvalue weighted by Crippen LogP contribution is -2.01. The zero-order chi connectivity index (χ0) is 13.4. The Morgan fingerprint density at radius 3 is 2.70 bits per heavy atom. The first-order valence-corrected chi connectivity index (χ1v) is 6.29. The fourth-order valence-electron chi connectivity index (χ4n) is 2.26. The van der Waals surface area contributed by atoms with Gasteiger partial charge in [0, 0.05) is 6.20 Å². The van der Waals surface area contributed by atoms with Crippen molar-refractivity contribution < 1.29 is 8.83 Å². The molecule has 4 aromatic heterocycles. The van der Waals surface area contributed by atoms with Gasteiger partial charge in [0.25, 0.3) is 0 Å². The Morgan fingerprint density at radius 1 is 1.00 bits per heavy atom. The van der Waals surface area contributed by atoms with E-state index in [2.05, 4.69) is 9.97 Å². The first kappa shape index (κ1) is 11.0. The van der Waals surface area contributed by atoms with Gasteiger partial charge in [-0.3, -0.25) is 4.57 Å². The highest BCUT2D eigenvalue weighted by atomic mass is 16.3. The predicted octanol–water partition coefficient (Wildman–Crippen LogP) is 3.33. The van der Waals surface area contributed by atoms with Gasteiger partial charge in [-0.2, -0.15) is 0 Å². The highest BCUT2D eigenvalue weighted by molar-refractivity contribution is 5.75. The SMILES string of the molecule is c1coc(Cn2c(-c3ccco3)nc3cccnc32)c1. The molecule has 0 radical (unpaired) electrons. The van der Waals surface area contributed by atoms with E-state index in [1.807, 2.05) is 41.0 Å². The van der Waals surface area contributed by atoms with Crippen molar-refractivity contribution in [2.24, 2.45) is 0 Å². The number of hydrogen-bond donors (Lipinski definition) is 0. The predicted molar refractivity (Wildman–Crippen MR) is 73.0 cm³/mol. The van der Waals surface area contributed by atoms with Crippen LogP contribution >= 0.6 is 0 Å². The largest absolute Gasteiger partial charge is 0.467 e. The summed E-state index contributed by atoms with van der Waals surface area (Å²) >= 11 is 0. The number of aromatic nitrogens is 3. The summed E-state index contributed by atoms with van der Waals surface area (Å²) in [6.45, 7) is 0.566. The summed E-state index contributed by atoms with van der Waals surface area (Å²) < 4.78 is 12.9. The Balaban J connectivity index is 1.93. The molecule has 0 aliphatic heterocycles. The van der Waals surface area contributed by atoms with E-state index >= 15 is 0 Å². The minimum atomic E-state index is 0.566. The van der Waals surface area contributed by atoms with E-state index in [0.29, 0.717) is 6.54 Å². The molecular weight excluding hydrogens is 254 g/mol. The molecule has 5 nitrogen and oxygen atoms in total. The highest BCUT2D eigenvalue weighted by Crippen LogP contribution is 2.25. The summed E-state index contributed by atoms with van der Waals surface area (Å²) in [5, 5.41) is 0. The number of furan rings is 2. The molecule has 4 aromatic rings. The van der Waals surface area contributed by atoms with E-state index < -0.39 is 0 Å². The van der Waals surface area contributed by atoms with E-state index in [1.165, 1.54) is 0 Å². The minimum Gasteiger partial charge on any atom is -0.467 e. The number of pyridine rings is 1. The monoisotopic (exact) mass is 265 g/mol. The maximum absolute atomic E-state index is 5.47. The number of imidazole rings is 1. The zero-order valence-corrected chi connectivity index (χ0v) is 10.6. The van der Waals surface area contributed by atoms with Crippen molar-refractivity contribution in [2.45, 2.75) is 6.54 Å². The van der Waals surface area contributed by atoms with E-state index in [9.17, 15) is 0 Å². The van der Waals surface area contributed by atoms with Crippen molar-refractivity contribution in [2.75, 3.05) is 0 Å². The van der Waals surface area contributed by atoms with Crippen LogP contribution in [0.2, 0.25) is 0 Å². The number of rotatable bonds is 3. The van der Waals surface area contributed by atoms with Crippen molar-refractivity contribution in [3.05, 3.63) is 60.9 Å². The molecule has 0 saturated carbocycles. The fraction of sp³-hybridized carbons (Fsp3) is 0.0667. The lowest BCUT2D eigenvalue weighted by Gasteiger charge is -2.04. The second-order valence-electron chi connectivity index (χ2n) is 4.42. The van der Waals surface area contributed by atoms with Gasteiger partial charge in [-0.25, -0.2) is 9.97 Å². The smallest absolute Gasteiger partial charge is 0.178 e. The van der Waals surface area contributed by atoms with Gasteiger partial charge in [-0.05, 0) is 36.4 Å². The Morgan fingerprint density at radius 2 is 1.90 bits per heavy atom. The molecule has 0 aromatic carbocycles. The van der Waals surface area contributed by atoms with E-state index in [4.69, 9.17) is 8.83 Å². The standard InChI is InChI=1S/C15H11N3O2/c1-5-12-14(16-7-1)18(10-11-4-2-8-19-11)15(17-12)13-6-3-9-20-13/h1-9H,10H2. The fourth-order valence-corrected chi connectivity index (χ4v) is 2.26. The Hall–Kier alpha value is -2.82. The van der Waals surface area contributed by atoms with Crippen LogP contribution in [0, 0.1) is 0 Å². The molecule has 0 saturated heterocycles. The molecule has 0 unspecified atom stereocenters. The number of nitrogens with zero attached hydrogens (tertiary/aromatic N) is 3. The van der Waals surface area contributed by atoms with Crippen LogP contribution < -0.4 is 0 Å². The third kappa shape index (κ3) is 1.72. The van der Waals surface area contributed by atoms with E-state index in [0.717, 1.165) is 28.5 Å². The number of hydrogen-bond acceptors (Lipinski definition) is 4. The number of fused-ring (bicyclic) bond motifs is 1. The molecule has 0 amide bonds. The third-order valence-corrected chi connectivity index (χ3v) is 3.14. The van der Waals surface area contributed by atoms with E-state index in [-0.39, 0.29) is 0 Å². The van der Waals surface area contributed by atoms with Gasteiger partial charge in [-0.1, -0.05) is 0 Å². The van der Waals surface area contributed by atoms with Crippen LogP contribution in [0.3, 0.4) is 0 Å². The van der Waals surface area contributed by atoms with Crippen LogP contribution in [0.5, 0.6) is 0 Å². The Kier molecular flexibility index (Phi) is 2.42. The van der Waals surface area contributed by atoms with Crippen molar-refractivity contribution in [3.8, 4) is 11.6 Å². The summed E-state index contributed by atoms with van der Waals surface area (Å²) in [5.74, 6) is 2.32. The average Bonchev–Trinajstić information content (AvgIpc) is 3.19. The molecule has 20 heavy (non-hydrogen) atoms. The maximum Gasteiger partial charge on any atom is 0.178 e. The van der Waals surface area contributed by atoms with Gasteiger partial charge < -0.3 is 8.83 Å². The molecule has 98 valence electrons. The average molecular weight is 265 g/mol. The normalized spacial score (nSPS) is 11.2. The third-order valence-electron chi connectivity index (χ3n) is 3.14. The van der Waals surface area contributed by atoms with Gasteiger partial charge in [0.15, 0.2) is 17.2 Å². The highest BCUT2D eigenvalue weighted by Gasteiger charge is 2.16. The van der Waals surface area contributed by atoms with Crippen LogP contribution in [0.15, 0.2) is 64.0 Å². The molecule has 0 N–H and O–H groups in total. The van der Waals surface area contributed by atoms with Crippen molar-refractivity contribution >= 4 is 11.2 Å². The van der Waals surface area contributed by atoms with Crippen LogP contribution in [0.25, 0.3) is 22.7 Å². The van der Waals surface area contributed by atoms with Gasteiger partial charge in [0.1, 0.15) is 11.3 Å². The molecule has 0 atom stereocenters. The molecule has 4 rings (SSSR count). The lowest BCUT2D eigenvalue weighted by atomic mass is 10.4. The molecule has 0 fully saturated rings. The van der Waals surface area contributed by atoms with Crippen LogP contribution in [0.4, 0.5) is 0 Å². The minimum absolute atomic E-state index is 0.566. The molecule has 0 bridgehead atoms. The second kappa shape index (κ2) is 4.38. The first-order chi connectivity index (χ1) is 9.92. The molecule has 4 heterocycles. The van der Waals surface area contributed by atoms with Crippen LogP contribution in [-0.4, -0.2) is 14.5 Å². The first-order valence-electron chi connectivity index (χ1n) is 6.29. The van der Waals surface area contributed by atoms with Gasteiger partial charge in [-0.15, -0.1) is 0 Å². The van der Waals surface area contributed by atoms with Crippen molar-refractivity contribution in [3.63, 3.8) is 0 Å².